The molecule has 0 radical (unpaired) electrons. The normalized spacial score (nSPS) is 14.2. The first-order valence-corrected chi connectivity index (χ1v) is 8.50. The maximum Gasteiger partial charge on any atom is 0.231 e. The summed E-state index contributed by atoms with van der Waals surface area (Å²) in [7, 11) is 0. The van der Waals surface area contributed by atoms with E-state index in [-0.39, 0.29) is 11.5 Å². The number of carbonyl (C=O) groups excluding carboxylic acids is 1. The van der Waals surface area contributed by atoms with Gasteiger partial charge in [-0.15, -0.1) is 0 Å². The zero-order valence-corrected chi connectivity index (χ0v) is 15.3. The van der Waals surface area contributed by atoms with Gasteiger partial charge in [-0.1, -0.05) is 34.8 Å². The third kappa shape index (κ3) is 3.89. The van der Waals surface area contributed by atoms with Crippen LogP contribution in [0.15, 0.2) is 53.8 Å². The Kier molecular flexibility index (Phi) is 5.16. The lowest BCUT2D eigenvalue weighted by molar-refractivity contribution is 0.101. The fraction of sp³-hybridized carbons (Fsp3) is 0.150. The third-order valence-corrected chi connectivity index (χ3v) is 4.32. The van der Waals surface area contributed by atoms with E-state index in [0.717, 1.165) is 0 Å². The van der Waals surface area contributed by atoms with Crippen molar-refractivity contribution in [3.05, 3.63) is 75.0 Å². The monoisotopic (exact) mass is 374 g/mol. The van der Waals surface area contributed by atoms with Crippen molar-refractivity contribution in [2.45, 2.75) is 13.8 Å². The highest BCUT2D eigenvalue weighted by molar-refractivity contribution is 6.37. The summed E-state index contributed by atoms with van der Waals surface area (Å²) in [6.07, 6.45) is 3.54. The van der Waals surface area contributed by atoms with Crippen molar-refractivity contribution in [3.63, 3.8) is 0 Å². The van der Waals surface area contributed by atoms with Gasteiger partial charge >= 0.3 is 0 Å². The van der Waals surface area contributed by atoms with E-state index in [0.29, 0.717) is 39.3 Å². The highest BCUT2D eigenvalue weighted by atomic mass is 35.5. The van der Waals surface area contributed by atoms with Crippen LogP contribution in [0.3, 0.4) is 0 Å². The second-order valence-corrected chi connectivity index (χ2v) is 6.64. The number of ether oxygens (including phenoxy) is 2. The Balaban J connectivity index is 1.86. The molecule has 0 aliphatic carbocycles. The van der Waals surface area contributed by atoms with Crippen LogP contribution < -0.4 is 9.47 Å². The first kappa shape index (κ1) is 17.6. The van der Waals surface area contributed by atoms with Crippen molar-refractivity contribution < 1.29 is 14.3 Å². The molecule has 1 heterocycles. The molecule has 25 heavy (non-hydrogen) atoms. The molecule has 0 spiro atoms. The van der Waals surface area contributed by atoms with E-state index in [9.17, 15) is 4.79 Å². The second kappa shape index (κ2) is 7.34. The lowest BCUT2D eigenvalue weighted by Crippen LogP contribution is -1.98. The van der Waals surface area contributed by atoms with Crippen LogP contribution in [0.25, 0.3) is 6.08 Å². The summed E-state index contributed by atoms with van der Waals surface area (Å²) in [4.78, 5) is 12.5. The molecule has 2 aromatic carbocycles. The minimum Gasteiger partial charge on any atom is -0.489 e. The lowest BCUT2D eigenvalue weighted by Gasteiger charge is -2.05. The number of allylic oxidation sites excluding steroid dienone is 2. The molecule has 1 aliphatic rings. The van der Waals surface area contributed by atoms with Crippen molar-refractivity contribution in [2.24, 2.45) is 0 Å². The third-order valence-electron chi connectivity index (χ3n) is 3.66. The van der Waals surface area contributed by atoms with Crippen LogP contribution in [0.5, 0.6) is 11.5 Å². The Morgan fingerprint density at radius 1 is 1.16 bits per heavy atom. The molecule has 2 aromatic rings. The second-order valence-electron chi connectivity index (χ2n) is 5.83. The summed E-state index contributed by atoms with van der Waals surface area (Å²) in [5.41, 5.74) is 2.22. The van der Waals surface area contributed by atoms with Crippen molar-refractivity contribution >= 4 is 35.1 Å². The molecule has 0 atom stereocenters. The Morgan fingerprint density at radius 2 is 1.88 bits per heavy atom. The molecule has 0 N–H and O–H groups in total. The maximum absolute atomic E-state index is 12.5. The zero-order valence-electron chi connectivity index (χ0n) is 13.8. The number of benzene rings is 2. The Bertz CT molecular complexity index is 874. The number of fused-ring (bicyclic) bond motifs is 1. The number of hydrogen-bond donors (Lipinski definition) is 0. The van der Waals surface area contributed by atoms with Crippen LogP contribution >= 0.6 is 23.2 Å². The van der Waals surface area contributed by atoms with Crippen molar-refractivity contribution in [2.75, 3.05) is 6.61 Å². The minimum atomic E-state index is -0.207. The molecule has 3 rings (SSSR count). The molecule has 0 unspecified atom stereocenters. The Labute approximate surface area is 156 Å². The predicted octanol–water partition coefficient (Wildman–Crippen LogP) is 5.95. The first-order valence-electron chi connectivity index (χ1n) is 7.74. The Morgan fingerprint density at radius 3 is 2.56 bits per heavy atom. The number of halogens is 2. The minimum absolute atomic E-state index is 0.187. The van der Waals surface area contributed by atoms with Gasteiger partial charge in [-0.3, -0.25) is 4.79 Å². The van der Waals surface area contributed by atoms with E-state index in [1.807, 2.05) is 19.9 Å². The summed E-state index contributed by atoms with van der Waals surface area (Å²) in [6, 6.07) is 10.3. The molecule has 0 aromatic heterocycles. The molecular formula is C20H16Cl2O3. The fourth-order valence-corrected chi connectivity index (χ4v) is 2.85. The number of carbonyl (C=O) groups is 1. The standard InChI is InChI=1S/C20H16Cl2O3/c1-12(2)8-9-24-13-6-7-14-18(10-13)25-19(20(14)23)11-15-16(21)4-3-5-17(15)22/h3-8,10-11H,9H2,1-2H3/b19-11-. The van der Waals surface area contributed by atoms with E-state index in [1.165, 1.54) is 5.57 Å². The van der Waals surface area contributed by atoms with Crippen LogP contribution in [0.2, 0.25) is 10.0 Å². The summed E-state index contributed by atoms with van der Waals surface area (Å²) in [5, 5.41) is 0.913. The quantitative estimate of drug-likeness (QED) is 0.489. The van der Waals surface area contributed by atoms with Crippen molar-refractivity contribution in [1.82, 2.24) is 0 Å². The molecular weight excluding hydrogens is 359 g/mol. The SMILES string of the molecule is CC(C)=CCOc1ccc2c(c1)O/C(=C\c1c(Cl)cccc1Cl)C2=O. The van der Waals surface area contributed by atoms with E-state index < -0.39 is 0 Å². The number of ketones is 1. The first-order chi connectivity index (χ1) is 12.0. The summed E-state index contributed by atoms with van der Waals surface area (Å²) < 4.78 is 11.3. The van der Waals surface area contributed by atoms with Gasteiger partial charge in [-0.25, -0.2) is 0 Å². The van der Waals surface area contributed by atoms with E-state index in [4.69, 9.17) is 32.7 Å². The van der Waals surface area contributed by atoms with Gasteiger partial charge < -0.3 is 9.47 Å². The molecule has 0 bridgehead atoms. The van der Waals surface area contributed by atoms with Crippen LogP contribution in [-0.4, -0.2) is 12.4 Å². The van der Waals surface area contributed by atoms with Gasteiger partial charge in [0.2, 0.25) is 5.78 Å². The van der Waals surface area contributed by atoms with Crippen LogP contribution in [-0.2, 0) is 0 Å². The lowest BCUT2D eigenvalue weighted by atomic mass is 10.1. The highest BCUT2D eigenvalue weighted by Gasteiger charge is 2.28. The van der Waals surface area contributed by atoms with Gasteiger partial charge in [0.1, 0.15) is 18.1 Å². The largest absolute Gasteiger partial charge is 0.489 e. The smallest absolute Gasteiger partial charge is 0.231 e. The number of hydrogen-bond acceptors (Lipinski definition) is 3. The topological polar surface area (TPSA) is 35.5 Å². The van der Waals surface area contributed by atoms with Gasteiger partial charge in [0.25, 0.3) is 0 Å². The van der Waals surface area contributed by atoms with Gasteiger partial charge in [-0.05, 0) is 50.3 Å². The predicted molar refractivity (Wildman–Crippen MR) is 101 cm³/mol. The van der Waals surface area contributed by atoms with E-state index in [1.54, 1.807) is 42.5 Å². The molecule has 3 nitrogen and oxygen atoms in total. The van der Waals surface area contributed by atoms with E-state index >= 15 is 0 Å². The van der Waals surface area contributed by atoms with E-state index in [2.05, 4.69) is 0 Å². The summed E-state index contributed by atoms with van der Waals surface area (Å²) in [6.45, 7) is 4.47. The zero-order chi connectivity index (χ0) is 18.0. The molecule has 5 heteroatoms. The average Bonchev–Trinajstić information content (AvgIpc) is 2.86. The maximum atomic E-state index is 12.5. The van der Waals surface area contributed by atoms with Gasteiger partial charge in [-0.2, -0.15) is 0 Å². The molecule has 1 aliphatic heterocycles. The van der Waals surface area contributed by atoms with Crippen LogP contribution in [0, 0.1) is 0 Å². The van der Waals surface area contributed by atoms with Crippen molar-refractivity contribution in [1.29, 1.82) is 0 Å². The highest BCUT2D eigenvalue weighted by Crippen LogP contribution is 2.36. The van der Waals surface area contributed by atoms with Crippen LogP contribution in [0.1, 0.15) is 29.8 Å². The van der Waals surface area contributed by atoms with Crippen LogP contribution in [0.4, 0.5) is 0 Å². The molecule has 0 saturated carbocycles. The fourth-order valence-electron chi connectivity index (χ4n) is 2.34. The molecule has 0 saturated heterocycles. The number of Topliss-reactive ketones (excluding diaryl/α,β-unsaturated/α-hetero) is 1. The molecule has 0 fully saturated rings. The summed E-state index contributed by atoms with van der Waals surface area (Å²) >= 11 is 12.3. The molecule has 128 valence electrons. The van der Waals surface area contributed by atoms with Gasteiger partial charge in [0.05, 0.1) is 5.56 Å². The average molecular weight is 375 g/mol. The summed E-state index contributed by atoms with van der Waals surface area (Å²) in [5.74, 6) is 1.09. The van der Waals surface area contributed by atoms with Gasteiger partial charge in [0.15, 0.2) is 5.76 Å². The van der Waals surface area contributed by atoms with Crippen molar-refractivity contribution in [3.8, 4) is 11.5 Å². The Hall–Kier alpha value is -2.23. The number of rotatable bonds is 4. The van der Waals surface area contributed by atoms with Gasteiger partial charge in [0, 0.05) is 21.7 Å². The molecule has 0 amide bonds.